The van der Waals surface area contributed by atoms with Crippen molar-refractivity contribution in [1.82, 2.24) is 15.3 Å². The van der Waals surface area contributed by atoms with Crippen molar-refractivity contribution < 1.29 is 28.3 Å². The van der Waals surface area contributed by atoms with Gasteiger partial charge in [-0.15, -0.1) is 0 Å². The molecule has 3 atom stereocenters. The molecule has 1 heterocycles. The Morgan fingerprint density at radius 1 is 1.03 bits per heavy atom. The first-order chi connectivity index (χ1) is 13.4. The van der Waals surface area contributed by atoms with Gasteiger partial charge in [0.05, 0.1) is 6.16 Å². The van der Waals surface area contributed by atoms with Crippen LogP contribution in [-0.2, 0) is 28.3 Å². The van der Waals surface area contributed by atoms with E-state index in [9.17, 15) is 23.7 Å². The monoisotopic (exact) mass is 429 g/mol. The van der Waals surface area contributed by atoms with Crippen molar-refractivity contribution in [3.05, 3.63) is 12.2 Å². The van der Waals surface area contributed by atoms with Crippen LogP contribution in [0.25, 0.3) is 0 Å². The summed E-state index contributed by atoms with van der Waals surface area (Å²) in [6, 6.07) is -0.735. The molecular weight excluding hydrogens is 397 g/mol. The van der Waals surface area contributed by atoms with Crippen molar-refractivity contribution in [3.63, 3.8) is 0 Å². The molecule has 10 heteroatoms. The molecule has 0 aliphatic carbocycles. The number of carbonyl (C=O) groups excluding carboxylic acids is 4. The summed E-state index contributed by atoms with van der Waals surface area (Å²) < 4.78 is 19.0. The Kier molecular flexibility index (Phi) is 9.23. The highest BCUT2D eigenvalue weighted by atomic mass is 31.2. The van der Waals surface area contributed by atoms with E-state index in [1.165, 1.54) is 7.05 Å². The summed E-state index contributed by atoms with van der Waals surface area (Å²) >= 11 is 0. The number of hydrogen-bond acceptors (Lipinski definition) is 6. The van der Waals surface area contributed by atoms with Gasteiger partial charge in [0, 0.05) is 32.2 Å². The minimum Gasteiger partial charge on any atom is -0.357 e. The second-order valence-corrected chi connectivity index (χ2v) is 10.4. The van der Waals surface area contributed by atoms with Crippen LogP contribution in [-0.4, -0.2) is 54.7 Å². The van der Waals surface area contributed by atoms with E-state index in [4.69, 9.17) is 4.52 Å². The predicted octanol–water partition coefficient (Wildman–Crippen LogP) is 1.69. The molecule has 0 spiro atoms. The minimum absolute atomic E-state index is 0.0720. The number of amides is 4. The highest BCUT2D eigenvalue weighted by Crippen LogP contribution is 2.53. The average molecular weight is 429 g/mol. The lowest BCUT2D eigenvalue weighted by atomic mass is 9.96. The van der Waals surface area contributed by atoms with Crippen molar-refractivity contribution in [1.29, 1.82) is 0 Å². The Labute approximate surface area is 172 Å². The first-order valence-electron chi connectivity index (χ1n) is 9.68. The lowest BCUT2D eigenvalue weighted by molar-refractivity contribution is -0.132. The van der Waals surface area contributed by atoms with Crippen molar-refractivity contribution in [2.45, 2.75) is 46.6 Å². The van der Waals surface area contributed by atoms with Gasteiger partial charge >= 0.3 is 7.52 Å². The molecule has 0 saturated carbocycles. The van der Waals surface area contributed by atoms with Gasteiger partial charge in [0.15, 0.2) is 0 Å². The van der Waals surface area contributed by atoms with Crippen LogP contribution in [0, 0.1) is 17.8 Å². The second kappa shape index (κ2) is 10.7. The summed E-state index contributed by atoms with van der Waals surface area (Å²) in [6.45, 7) is 7.67. The van der Waals surface area contributed by atoms with Crippen LogP contribution in [0.4, 0.5) is 0 Å². The van der Waals surface area contributed by atoms with Crippen LogP contribution in [0.15, 0.2) is 12.2 Å². The molecule has 0 fully saturated rings. The number of nitrogens with zero attached hydrogens (tertiary/aromatic N) is 1. The molecule has 1 rings (SSSR count). The fourth-order valence-corrected chi connectivity index (χ4v) is 5.29. The van der Waals surface area contributed by atoms with Gasteiger partial charge in [-0.1, -0.05) is 27.7 Å². The molecule has 1 aliphatic heterocycles. The molecule has 9 nitrogen and oxygen atoms in total. The van der Waals surface area contributed by atoms with E-state index in [1.54, 1.807) is 0 Å². The molecule has 0 aromatic rings. The highest BCUT2D eigenvalue weighted by molar-refractivity contribution is 7.58. The fraction of sp³-hybridized carbons (Fsp3) is 0.684. The number of rotatable bonds is 11. The third-order valence-corrected chi connectivity index (χ3v) is 7.02. The van der Waals surface area contributed by atoms with Crippen LogP contribution in [0.3, 0.4) is 0 Å². The molecule has 0 aromatic carbocycles. The van der Waals surface area contributed by atoms with Gasteiger partial charge in [-0.05, 0) is 24.7 Å². The molecule has 2 unspecified atom stereocenters. The van der Waals surface area contributed by atoms with Crippen LogP contribution >= 0.6 is 7.52 Å². The third kappa shape index (κ3) is 6.78. The standard InChI is InChI=1S/C19H32N3O6P/c1-12(2)9-14(18(25)21-15(10-13(3)4)19(26)20-5)11-29(27,28-6)22-16(23)7-8-17(22)24/h7-8,12-15H,9-11H2,1-6H3,(H,20,26)(H,21,25)/t14?,15-,29?/m0/s1. The molecule has 4 amide bonds. The summed E-state index contributed by atoms with van der Waals surface area (Å²) in [7, 11) is -1.28. The first-order valence-corrected chi connectivity index (χ1v) is 11.4. The molecule has 0 saturated heterocycles. The van der Waals surface area contributed by atoms with E-state index in [2.05, 4.69) is 10.6 Å². The normalized spacial score (nSPS) is 18.1. The van der Waals surface area contributed by atoms with Crippen molar-refractivity contribution >= 4 is 31.1 Å². The maximum Gasteiger partial charge on any atom is 0.306 e. The smallest absolute Gasteiger partial charge is 0.306 e. The molecule has 0 radical (unpaired) electrons. The Hall–Kier alpha value is -1.99. The van der Waals surface area contributed by atoms with Crippen LogP contribution in [0.1, 0.15) is 40.5 Å². The third-order valence-electron chi connectivity index (χ3n) is 4.54. The summed E-state index contributed by atoms with van der Waals surface area (Å²) in [5.74, 6) is -2.81. The van der Waals surface area contributed by atoms with Gasteiger partial charge in [-0.2, -0.15) is 0 Å². The summed E-state index contributed by atoms with van der Waals surface area (Å²) in [5.41, 5.74) is 0. The van der Waals surface area contributed by atoms with Crippen LogP contribution < -0.4 is 10.6 Å². The number of likely N-dealkylation sites (N-methyl/N-ethyl adjacent to an activating group) is 1. The van der Waals surface area contributed by atoms with E-state index in [-0.39, 0.29) is 23.9 Å². The van der Waals surface area contributed by atoms with Gasteiger partial charge in [0.2, 0.25) is 11.8 Å². The topological polar surface area (TPSA) is 122 Å². The molecule has 0 bridgehead atoms. The van der Waals surface area contributed by atoms with Crippen LogP contribution in [0.2, 0.25) is 0 Å². The van der Waals surface area contributed by atoms with Crippen molar-refractivity contribution in [3.8, 4) is 0 Å². The largest absolute Gasteiger partial charge is 0.357 e. The molecular formula is C19H32N3O6P. The summed E-state index contributed by atoms with van der Waals surface area (Å²) in [5, 5.41) is 5.26. The number of hydrogen-bond donors (Lipinski definition) is 2. The Morgan fingerprint density at radius 2 is 1.55 bits per heavy atom. The van der Waals surface area contributed by atoms with Gasteiger partial charge in [-0.25, -0.2) is 4.67 Å². The van der Waals surface area contributed by atoms with E-state index < -0.39 is 37.2 Å². The SMILES string of the molecule is CNC(=O)[C@H](CC(C)C)NC(=O)C(CC(C)C)CP(=O)(OC)N1C(=O)C=CC1=O. The molecule has 29 heavy (non-hydrogen) atoms. The lowest BCUT2D eigenvalue weighted by Gasteiger charge is -2.29. The lowest BCUT2D eigenvalue weighted by Crippen LogP contribution is -2.49. The van der Waals surface area contributed by atoms with Crippen molar-refractivity contribution in [2.24, 2.45) is 17.8 Å². The predicted molar refractivity (Wildman–Crippen MR) is 109 cm³/mol. The Morgan fingerprint density at radius 3 is 1.97 bits per heavy atom. The quantitative estimate of drug-likeness (QED) is 0.381. The second-order valence-electron chi connectivity index (χ2n) is 7.96. The molecule has 0 aromatic heterocycles. The van der Waals surface area contributed by atoms with Gasteiger partial charge in [-0.3, -0.25) is 23.7 Å². The van der Waals surface area contributed by atoms with E-state index >= 15 is 0 Å². The number of imide groups is 1. The molecule has 164 valence electrons. The van der Waals surface area contributed by atoms with Gasteiger partial charge < -0.3 is 15.2 Å². The van der Waals surface area contributed by atoms with E-state index in [0.29, 0.717) is 17.5 Å². The summed E-state index contributed by atoms with van der Waals surface area (Å²) in [6.07, 6.45) is 2.53. The van der Waals surface area contributed by atoms with E-state index in [0.717, 1.165) is 19.3 Å². The van der Waals surface area contributed by atoms with Gasteiger partial charge in [0.25, 0.3) is 11.8 Å². The highest BCUT2D eigenvalue weighted by Gasteiger charge is 2.44. The Balaban J connectivity index is 3.09. The average Bonchev–Trinajstić information content (AvgIpc) is 2.97. The maximum absolute atomic E-state index is 13.3. The molecule has 1 aliphatic rings. The maximum atomic E-state index is 13.3. The van der Waals surface area contributed by atoms with Crippen molar-refractivity contribution in [2.75, 3.05) is 20.3 Å². The minimum atomic E-state index is -3.92. The Bertz CT molecular complexity index is 701. The van der Waals surface area contributed by atoms with E-state index in [1.807, 2.05) is 27.7 Å². The summed E-state index contributed by atoms with van der Waals surface area (Å²) in [4.78, 5) is 49.2. The van der Waals surface area contributed by atoms with Gasteiger partial charge in [0.1, 0.15) is 6.04 Å². The number of carbonyl (C=O) groups is 4. The van der Waals surface area contributed by atoms with Crippen LogP contribution in [0.5, 0.6) is 0 Å². The fourth-order valence-electron chi connectivity index (χ4n) is 3.21. The molecule has 2 N–H and O–H groups in total. The number of nitrogens with one attached hydrogen (secondary N) is 2. The first kappa shape index (κ1) is 25.0. The zero-order valence-corrected chi connectivity index (χ0v) is 18.8. The zero-order chi connectivity index (χ0) is 22.4. The zero-order valence-electron chi connectivity index (χ0n) is 17.9.